The lowest BCUT2D eigenvalue weighted by atomic mass is 10.2. The molecule has 3 aromatic rings. The number of hydrogen-bond acceptors (Lipinski definition) is 7. The van der Waals surface area contributed by atoms with E-state index < -0.39 is 11.9 Å². The third-order valence-corrected chi connectivity index (χ3v) is 6.28. The van der Waals surface area contributed by atoms with Crippen molar-refractivity contribution >= 4 is 85.0 Å². The molecule has 0 amide bonds. The van der Waals surface area contributed by atoms with Gasteiger partial charge < -0.3 is 20.1 Å². The maximum Gasteiger partial charge on any atom is 0.350 e. The van der Waals surface area contributed by atoms with Gasteiger partial charge >= 0.3 is 11.9 Å². The molecule has 2 heterocycles. The van der Waals surface area contributed by atoms with E-state index in [9.17, 15) is 9.59 Å². The van der Waals surface area contributed by atoms with Gasteiger partial charge in [-0.2, -0.15) is 0 Å². The van der Waals surface area contributed by atoms with Crippen molar-refractivity contribution in [3.8, 4) is 0 Å². The van der Waals surface area contributed by atoms with E-state index in [1.807, 2.05) is 6.07 Å². The molecular weight excluding hydrogens is 428 g/mol. The number of thiocarbonyl (C=S) groups is 1. The molecule has 0 aliphatic heterocycles. The SMILES string of the molecule is COC(=O)c1sccc1NC(=S)Nc1ccc2c(Cl)c(C(=O)OC)sc2c1. The zero-order chi connectivity index (χ0) is 19.6. The van der Waals surface area contributed by atoms with Crippen LogP contribution >= 0.6 is 46.5 Å². The lowest BCUT2D eigenvalue weighted by Gasteiger charge is -2.10. The highest BCUT2D eigenvalue weighted by atomic mass is 35.5. The van der Waals surface area contributed by atoms with Crippen LogP contribution in [0.15, 0.2) is 29.6 Å². The number of anilines is 2. The van der Waals surface area contributed by atoms with E-state index in [1.54, 1.807) is 23.6 Å². The van der Waals surface area contributed by atoms with Crippen LogP contribution in [0, 0.1) is 0 Å². The Bertz CT molecular complexity index is 1040. The molecule has 0 bridgehead atoms. The molecular formula is C17H13ClN2O4S3. The van der Waals surface area contributed by atoms with E-state index in [0.717, 1.165) is 10.1 Å². The number of rotatable bonds is 4. The van der Waals surface area contributed by atoms with Crippen LogP contribution in [0.25, 0.3) is 10.1 Å². The fraction of sp³-hybridized carbons (Fsp3) is 0.118. The van der Waals surface area contributed by atoms with Gasteiger partial charge in [0.1, 0.15) is 9.75 Å². The average Bonchev–Trinajstić information content (AvgIpc) is 3.24. The zero-order valence-corrected chi connectivity index (χ0v) is 17.3. The van der Waals surface area contributed by atoms with E-state index in [1.165, 1.54) is 36.9 Å². The van der Waals surface area contributed by atoms with Crippen LogP contribution in [-0.4, -0.2) is 31.3 Å². The lowest BCUT2D eigenvalue weighted by molar-refractivity contribution is 0.0598. The van der Waals surface area contributed by atoms with Crippen LogP contribution in [0.2, 0.25) is 5.02 Å². The number of ether oxygens (including phenoxy) is 2. The van der Waals surface area contributed by atoms with E-state index >= 15 is 0 Å². The highest BCUT2D eigenvalue weighted by Gasteiger charge is 2.18. The molecule has 0 saturated carbocycles. The minimum atomic E-state index is -0.472. The molecule has 0 saturated heterocycles. The van der Waals surface area contributed by atoms with Gasteiger partial charge in [0.05, 0.1) is 24.9 Å². The Hall–Kier alpha value is -2.20. The average molecular weight is 441 g/mol. The molecule has 140 valence electrons. The maximum absolute atomic E-state index is 11.8. The predicted octanol–water partition coefficient (Wildman–Crippen LogP) is 5.00. The first-order chi connectivity index (χ1) is 12.9. The molecule has 1 aromatic carbocycles. The Morgan fingerprint density at radius 2 is 1.78 bits per heavy atom. The Morgan fingerprint density at radius 3 is 2.48 bits per heavy atom. The normalized spacial score (nSPS) is 10.5. The van der Waals surface area contributed by atoms with Gasteiger partial charge in [-0.25, -0.2) is 9.59 Å². The monoisotopic (exact) mass is 440 g/mol. The van der Waals surface area contributed by atoms with E-state index in [0.29, 0.717) is 31.3 Å². The van der Waals surface area contributed by atoms with E-state index in [2.05, 4.69) is 10.6 Å². The summed E-state index contributed by atoms with van der Waals surface area (Å²) < 4.78 is 10.3. The first kappa shape index (κ1) is 19.6. The number of halogens is 1. The van der Waals surface area contributed by atoms with Crippen molar-refractivity contribution in [1.82, 2.24) is 0 Å². The summed E-state index contributed by atoms with van der Waals surface area (Å²) in [6.45, 7) is 0. The Kier molecular flexibility index (Phi) is 5.95. The molecule has 0 aliphatic carbocycles. The van der Waals surface area contributed by atoms with Gasteiger partial charge in [-0.05, 0) is 41.9 Å². The summed E-state index contributed by atoms with van der Waals surface area (Å²) in [7, 11) is 2.64. The molecule has 10 heteroatoms. The predicted molar refractivity (Wildman–Crippen MR) is 114 cm³/mol. The van der Waals surface area contributed by atoms with Gasteiger partial charge in [0, 0.05) is 15.8 Å². The van der Waals surface area contributed by atoms with Crippen LogP contribution in [0.4, 0.5) is 11.4 Å². The number of hydrogen-bond donors (Lipinski definition) is 2. The smallest absolute Gasteiger partial charge is 0.350 e. The second-order valence-corrected chi connectivity index (χ2v) is 7.94. The third kappa shape index (κ3) is 4.06. The van der Waals surface area contributed by atoms with Gasteiger partial charge in [0.15, 0.2) is 5.11 Å². The first-order valence-electron chi connectivity index (χ1n) is 7.48. The van der Waals surface area contributed by atoms with Crippen LogP contribution in [0.3, 0.4) is 0 Å². The number of methoxy groups -OCH3 is 2. The molecule has 0 unspecified atom stereocenters. The number of benzene rings is 1. The van der Waals surface area contributed by atoms with Crippen LogP contribution in [-0.2, 0) is 9.47 Å². The topological polar surface area (TPSA) is 76.7 Å². The number of thiophene rings is 2. The van der Waals surface area contributed by atoms with Gasteiger partial charge in [0.25, 0.3) is 0 Å². The Balaban J connectivity index is 1.78. The summed E-state index contributed by atoms with van der Waals surface area (Å²) in [6, 6.07) is 7.18. The number of carbonyl (C=O) groups excluding carboxylic acids is 2. The molecule has 0 aliphatic rings. The van der Waals surface area contributed by atoms with E-state index in [4.69, 9.17) is 33.3 Å². The van der Waals surface area contributed by atoms with Crippen molar-refractivity contribution in [3.63, 3.8) is 0 Å². The fourth-order valence-electron chi connectivity index (χ4n) is 2.31. The number of nitrogens with one attached hydrogen (secondary N) is 2. The molecule has 0 atom stereocenters. The lowest BCUT2D eigenvalue weighted by Crippen LogP contribution is -2.20. The van der Waals surface area contributed by atoms with Gasteiger partial charge in [-0.1, -0.05) is 11.6 Å². The summed E-state index contributed by atoms with van der Waals surface area (Å²) in [5.41, 5.74) is 1.28. The summed E-state index contributed by atoms with van der Waals surface area (Å²) in [5, 5.41) is 9.24. The Labute approximate surface area is 173 Å². The summed E-state index contributed by atoms with van der Waals surface area (Å²) in [6.07, 6.45) is 0. The largest absolute Gasteiger partial charge is 0.465 e. The van der Waals surface area contributed by atoms with Crippen LogP contribution < -0.4 is 10.6 Å². The quantitative estimate of drug-likeness (QED) is 0.436. The molecule has 2 N–H and O–H groups in total. The summed E-state index contributed by atoms with van der Waals surface area (Å²) in [4.78, 5) is 24.3. The number of fused-ring (bicyclic) bond motifs is 1. The van der Waals surface area contributed by atoms with E-state index in [-0.39, 0.29) is 0 Å². The summed E-state index contributed by atoms with van der Waals surface area (Å²) >= 11 is 14.1. The highest BCUT2D eigenvalue weighted by Crippen LogP contribution is 2.37. The minimum Gasteiger partial charge on any atom is -0.465 e. The molecule has 0 fully saturated rings. The second-order valence-electron chi connectivity index (χ2n) is 5.18. The summed E-state index contributed by atoms with van der Waals surface area (Å²) in [5.74, 6) is -0.902. The van der Waals surface area contributed by atoms with Crippen LogP contribution in [0.1, 0.15) is 19.3 Å². The Morgan fingerprint density at radius 1 is 1.07 bits per heavy atom. The van der Waals surface area contributed by atoms with Gasteiger partial charge in [-0.15, -0.1) is 22.7 Å². The van der Waals surface area contributed by atoms with Crippen LogP contribution in [0.5, 0.6) is 0 Å². The van der Waals surface area contributed by atoms with Gasteiger partial charge in [0.2, 0.25) is 0 Å². The molecule has 27 heavy (non-hydrogen) atoms. The fourth-order valence-corrected chi connectivity index (χ4v) is 4.77. The molecule has 3 rings (SSSR count). The van der Waals surface area contributed by atoms with Crippen molar-refractivity contribution in [1.29, 1.82) is 0 Å². The molecule has 6 nitrogen and oxygen atoms in total. The molecule has 0 radical (unpaired) electrons. The van der Waals surface area contributed by atoms with Crippen molar-refractivity contribution < 1.29 is 19.1 Å². The maximum atomic E-state index is 11.8. The standard InChI is InChI=1S/C17H13ClN2O4S3/c1-23-15(21)13-10(5-6-26-13)20-17(25)19-8-3-4-9-11(7-8)27-14(12(9)18)16(22)24-2/h3-7H,1-2H3,(H2,19,20,25). The zero-order valence-electron chi connectivity index (χ0n) is 14.1. The van der Waals surface area contributed by atoms with Gasteiger partial charge in [-0.3, -0.25) is 0 Å². The number of carbonyl (C=O) groups is 2. The van der Waals surface area contributed by atoms with Crippen molar-refractivity contribution in [2.24, 2.45) is 0 Å². The minimum absolute atomic E-state index is 0.314. The van der Waals surface area contributed by atoms with Crippen molar-refractivity contribution in [3.05, 3.63) is 44.4 Å². The molecule has 2 aromatic heterocycles. The molecule has 0 spiro atoms. The second kappa shape index (κ2) is 8.22. The van der Waals surface area contributed by atoms with Crippen molar-refractivity contribution in [2.45, 2.75) is 0 Å². The van der Waals surface area contributed by atoms with Crippen molar-refractivity contribution in [2.75, 3.05) is 24.9 Å². The highest BCUT2D eigenvalue weighted by molar-refractivity contribution is 7.80. The number of esters is 2. The first-order valence-corrected chi connectivity index (χ1v) is 9.97. The third-order valence-electron chi connectivity index (χ3n) is 3.54.